The van der Waals surface area contributed by atoms with Crippen molar-refractivity contribution in [2.24, 2.45) is 0 Å². The first-order valence-corrected chi connectivity index (χ1v) is 17.9. The Morgan fingerprint density at radius 3 is 1.38 bits per heavy atom. The van der Waals surface area contributed by atoms with Crippen molar-refractivity contribution in [3.63, 3.8) is 0 Å². The maximum Gasteiger partial charge on any atom is 0.220 e. The number of hydrogen-bond donors (Lipinski definition) is 3. The zero-order valence-corrected chi connectivity index (χ0v) is 27.1. The zero-order valence-electron chi connectivity index (χ0n) is 27.1. The van der Waals surface area contributed by atoms with Gasteiger partial charge in [-0.05, 0) is 38.5 Å². The Bertz CT molecular complexity index is 536. The molecule has 238 valence electrons. The van der Waals surface area contributed by atoms with Crippen LogP contribution in [0, 0.1) is 0 Å². The monoisotopic (exact) mass is 566 g/mol. The third-order valence-electron chi connectivity index (χ3n) is 8.28. The van der Waals surface area contributed by atoms with E-state index in [4.69, 9.17) is 0 Å². The number of hydrogen-bond acceptors (Lipinski definition) is 3. The minimum absolute atomic E-state index is 0.0407. The first kappa shape index (κ1) is 39.1. The molecule has 2 atom stereocenters. The van der Waals surface area contributed by atoms with E-state index in [0.29, 0.717) is 12.8 Å². The molecule has 1 amide bonds. The summed E-state index contributed by atoms with van der Waals surface area (Å²) in [4.78, 5) is 12.3. The van der Waals surface area contributed by atoms with Crippen LogP contribution in [-0.2, 0) is 4.79 Å². The molecule has 0 saturated heterocycles. The smallest absolute Gasteiger partial charge is 0.220 e. The van der Waals surface area contributed by atoms with Gasteiger partial charge >= 0.3 is 0 Å². The van der Waals surface area contributed by atoms with Crippen LogP contribution < -0.4 is 5.32 Å². The summed E-state index contributed by atoms with van der Waals surface area (Å²) in [5.41, 5.74) is 0. The average molecular weight is 566 g/mol. The molecule has 0 saturated carbocycles. The number of aliphatic hydroxyl groups excluding tert-OH is 2. The number of carbonyl (C=O) groups excluding carboxylic acids is 1. The van der Waals surface area contributed by atoms with Crippen molar-refractivity contribution in [2.45, 2.75) is 206 Å². The van der Waals surface area contributed by atoms with Gasteiger partial charge in [0.2, 0.25) is 5.91 Å². The second kappa shape index (κ2) is 32.6. The lowest BCUT2D eigenvalue weighted by Gasteiger charge is -2.22. The molecule has 2 unspecified atom stereocenters. The van der Waals surface area contributed by atoms with E-state index in [1.54, 1.807) is 0 Å². The Balaban J connectivity index is 3.58. The molecule has 0 heterocycles. The van der Waals surface area contributed by atoms with Gasteiger partial charge in [0.25, 0.3) is 0 Å². The van der Waals surface area contributed by atoms with E-state index in [1.165, 1.54) is 141 Å². The SMILES string of the molecule is CCCCCCCCC=CCCCCCCCC(=O)NC(CO)C(O)CCCCCCCCCCCCCCC. The van der Waals surface area contributed by atoms with Gasteiger partial charge in [0.1, 0.15) is 0 Å². The number of nitrogens with one attached hydrogen (secondary N) is 1. The number of rotatable bonds is 32. The lowest BCUT2D eigenvalue weighted by Crippen LogP contribution is -2.45. The summed E-state index contributed by atoms with van der Waals surface area (Å²) in [7, 11) is 0. The third-order valence-corrected chi connectivity index (χ3v) is 8.28. The predicted molar refractivity (Wildman–Crippen MR) is 175 cm³/mol. The fraction of sp³-hybridized carbons (Fsp3) is 0.917. The van der Waals surface area contributed by atoms with Gasteiger partial charge in [-0.25, -0.2) is 0 Å². The van der Waals surface area contributed by atoms with Crippen molar-refractivity contribution in [3.05, 3.63) is 12.2 Å². The first-order chi connectivity index (χ1) is 19.7. The van der Waals surface area contributed by atoms with Crippen molar-refractivity contribution in [1.29, 1.82) is 0 Å². The maximum absolute atomic E-state index is 12.3. The largest absolute Gasteiger partial charge is 0.394 e. The number of allylic oxidation sites excluding steroid dienone is 2. The summed E-state index contributed by atoms with van der Waals surface area (Å²) in [5.74, 6) is -0.0407. The lowest BCUT2D eigenvalue weighted by atomic mass is 10.0. The van der Waals surface area contributed by atoms with Gasteiger partial charge in [0, 0.05) is 6.42 Å². The van der Waals surface area contributed by atoms with Gasteiger partial charge in [0.05, 0.1) is 18.8 Å². The van der Waals surface area contributed by atoms with Crippen molar-refractivity contribution in [1.82, 2.24) is 5.32 Å². The van der Waals surface area contributed by atoms with E-state index < -0.39 is 12.1 Å². The fourth-order valence-corrected chi connectivity index (χ4v) is 5.47. The zero-order chi connectivity index (χ0) is 29.4. The van der Waals surface area contributed by atoms with Crippen molar-refractivity contribution < 1.29 is 15.0 Å². The van der Waals surface area contributed by atoms with E-state index in [2.05, 4.69) is 31.3 Å². The van der Waals surface area contributed by atoms with E-state index in [1.807, 2.05) is 0 Å². The first-order valence-electron chi connectivity index (χ1n) is 17.9. The van der Waals surface area contributed by atoms with E-state index in [-0.39, 0.29) is 12.5 Å². The topological polar surface area (TPSA) is 69.6 Å². The third kappa shape index (κ3) is 28.7. The molecule has 0 aromatic rings. The van der Waals surface area contributed by atoms with Crippen LogP contribution in [0.15, 0.2) is 12.2 Å². The normalized spacial score (nSPS) is 13.2. The summed E-state index contributed by atoms with van der Waals surface area (Å²) < 4.78 is 0. The molecule has 0 rings (SSSR count). The van der Waals surface area contributed by atoms with Crippen molar-refractivity contribution >= 4 is 5.91 Å². The second-order valence-electron chi connectivity index (χ2n) is 12.3. The van der Waals surface area contributed by atoms with Crippen LogP contribution in [0.3, 0.4) is 0 Å². The van der Waals surface area contributed by atoms with Crippen LogP contribution in [0.4, 0.5) is 0 Å². The number of aliphatic hydroxyl groups is 2. The van der Waals surface area contributed by atoms with Gasteiger partial charge in [-0.15, -0.1) is 0 Å². The molecule has 40 heavy (non-hydrogen) atoms. The molecular formula is C36H71NO3. The molecule has 0 aliphatic heterocycles. The summed E-state index contributed by atoms with van der Waals surface area (Å²) in [6.45, 7) is 4.34. The molecule has 0 radical (unpaired) electrons. The number of amides is 1. The van der Waals surface area contributed by atoms with Crippen molar-refractivity contribution in [3.8, 4) is 0 Å². The Morgan fingerprint density at radius 2 is 0.950 bits per heavy atom. The molecule has 0 spiro atoms. The Morgan fingerprint density at radius 1 is 0.575 bits per heavy atom. The fourth-order valence-electron chi connectivity index (χ4n) is 5.47. The highest BCUT2D eigenvalue weighted by Crippen LogP contribution is 2.15. The molecule has 0 bridgehead atoms. The van der Waals surface area contributed by atoms with E-state index >= 15 is 0 Å². The molecule has 0 aliphatic carbocycles. The Labute approximate surface area is 250 Å². The molecule has 4 heteroatoms. The van der Waals surface area contributed by atoms with Gasteiger partial charge in [-0.3, -0.25) is 4.79 Å². The number of unbranched alkanes of at least 4 members (excludes halogenated alkanes) is 23. The van der Waals surface area contributed by atoms with Crippen LogP contribution in [0.5, 0.6) is 0 Å². The molecule has 0 aliphatic rings. The molecule has 0 aromatic heterocycles. The van der Waals surface area contributed by atoms with Crippen LogP contribution in [-0.4, -0.2) is 34.9 Å². The van der Waals surface area contributed by atoms with Gasteiger partial charge in [-0.2, -0.15) is 0 Å². The maximum atomic E-state index is 12.3. The van der Waals surface area contributed by atoms with Crippen molar-refractivity contribution in [2.75, 3.05) is 6.61 Å². The van der Waals surface area contributed by atoms with E-state index in [9.17, 15) is 15.0 Å². The second-order valence-corrected chi connectivity index (χ2v) is 12.3. The quantitative estimate of drug-likeness (QED) is 0.0561. The van der Waals surface area contributed by atoms with Gasteiger partial charge in [0.15, 0.2) is 0 Å². The van der Waals surface area contributed by atoms with Crippen LogP contribution in [0.1, 0.15) is 194 Å². The average Bonchev–Trinajstić information content (AvgIpc) is 2.96. The van der Waals surface area contributed by atoms with Crippen LogP contribution in [0.2, 0.25) is 0 Å². The minimum Gasteiger partial charge on any atom is -0.394 e. The molecule has 4 nitrogen and oxygen atoms in total. The molecule has 0 fully saturated rings. The molecule has 3 N–H and O–H groups in total. The van der Waals surface area contributed by atoms with Gasteiger partial charge in [-0.1, -0.05) is 161 Å². The highest BCUT2D eigenvalue weighted by Gasteiger charge is 2.19. The van der Waals surface area contributed by atoms with E-state index in [0.717, 1.165) is 25.7 Å². The van der Waals surface area contributed by atoms with Gasteiger partial charge < -0.3 is 15.5 Å². The standard InChI is InChI=1S/C36H71NO3/c1-3-5-7-9-11-13-15-17-18-20-22-24-26-28-30-32-36(40)37-34(33-38)35(39)31-29-27-25-23-21-19-16-14-12-10-8-6-4-2/h17-18,34-35,38-39H,3-16,19-33H2,1-2H3,(H,37,40). The minimum atomic E-state index is -0.657. The Hall–Kier alpha value is -0.870. The summed E-state index contributed by atoms with van der Waals surface area (Å²) in [6.07, 6.45) is 38.3. The molecule has 0 aromatic carbocycles. The number of carbonyl (C=O) groups is 1. The molecular weight excluding hydrogens is 494 g/mol. The summed E-state index contributed by atoms with van der Waals surface area (Å²) >= 11 is 0. The summed E-state index contributed by atoms with van der Waals surface area (Å²) in [5, 5.41) is 23.0. The highest BCUT2D eigenvalue weighted by atomic mass is 16.3. The van der Waals surface area contributed by atoms with Crippen LogP contribution >= 0.6 is 0 Å². The van der Waals surface area contributed by atoms with Crippen LogP contribution in [0.25, 0.3) is 0 Å². The predicted octanol–water partition coefficient (Wildman–Crippen LogP) is 10.3. The summed E-state index contributed by atoms with van der Waals surface area (Å²) in [6, 6.07) is -0.534. The lowest BCUT2D eigenvalue weighted by molar-refractivity contribution is -0.123. The Kier molecular flexibility index (Phi) is 31.9. The highest BCUT2D eigenvalue weighted by molar-refractivity contribution is 5.76.